The molecule has 50 valence electrons. The first kappa shape index (κ1) is 6.82. The molecule has 0 N–H and O–H groups in total. The number of hydrogen-bond donors (Lipinski definition) is 0. The van der Waals surface area contributed by atoms with Gasteiger partial charge >= 0.3 is 0 Å². The molecule has 0 spiro atoms. The van der Waals surface area contributed by atoms with Crippen LogP contribution in [0.15, 0.2) is 36.5 Å². The van der Waals surface area contributed by atoms with Crippen molar-refractivity contribution in [3.8, 4) is 6.07 Å². The summed E-state index contributed by atoms with van der Waals surface area (Å²) in [6.07, 6.45) is 8.50. The Bertz CT molecular complexity index is 228. The maximum atomic E-state index is 8.49. The van der Waals surface area contributed by atoms with Gasteiger partial charge in [-0.05, 0) is 12.0 Å². The lowest BCUT2D eigenvalue weighted by atomic mass is 9.98. The predicted molar refractivity (Wildman–Crippen MR) is 41.1 cm³/mol. The Morgan fingerprint density at radius 3 is 3.00 bits per heavy atom. The van der Waals surface area contributed by atoms with Crippen LogP contribution in [-0.4, -0.2) is 0 Å². The Morgan fingerprint density at radius 1 is 1.80 bits per heavy atom. The molecule has 0 amide bonds. The largest absolute Gasteiger partial charge is 0.198 e. The molecule has 0 heterocycles. The van der Waals surface area contributed by atoms with Crippen LogP contribution < -0.4 is 0 Å². The van der Waals surface area contributed by atoms with E-state index in [1.165, 1.54) is 0 Å². The van der Waals surface area contributed by atoms with Crippen molar-refractivity contribution in [2.45, 2.75) is 6.42 Å². The fourth-order valence-electron chi connectivity index (χ4n) is 0.884. The Morgan fingerprint density at radius 2 is 2.60 bits per heavy atom. The second kappa shape index (κ2) is 3.03. The van der Waals surface area contributed by atoms with Crippen molar-refractivity contribution >= 4 is 0 Å². The van der Waals surface area contributed by atoms with Gasteiger partial charge in [0.15, 0.2) is 0 Å². The van der Waals surface area contributed by atoms with E-state index in [4.69, 9.17) is 5.26 Å². The lowest BCUT2D eigenvalue weighted by Gasteiger charge is -2.05. The van der Waals surface area contributed by atoms with Gasteiger partial charge in [-0.3, -0.25) is 0 Å². The zero-order valence-electron chi connectivity index (χ0n) is 5.75. The van der Waals surface area contributed by atoms with E-state index in [0.717, 1.165) is 12.0 Å². The van der Waals surface area contributed by atoms with E-state index in [-0.39, 0.29) is 5.92 Å². The molecule has 0 aromatic rings. The van der Waals surface area contributed by atoms with Crippen molar-refractivity contribution in [2.24, 2.45) is 5.92 Å². The summed E-state index contributed by atoms with van der Waals surface area (Å²) >= 11 is 0. The highest BCUT2D eigenvalue weighted by Gasteiger charge is 2.03. The van der Waals surface area contributed by atoms with E-state index in [1.807, 2.05) is 18.2 Å². The third kappa shape index (κ3) is 1.35. The van der Waals surface area contributed by atoms with Gasteiger partial charge in [-0.25, -0.2) is 0 Å². The number of allylic oxidation sites excluding steroid dienone is 5. The highest BCUT2D eigenvalue weighted by Crippen LogP contribution is 2.15. The fourth-order valence-corrected chi connectivity index (χ4v) is 0.884. The molecule has 1 heteroatoms. The van der Waals surface area contributed by atoms with Gasteiger partial charge in [-0.1, -0.05) is 30.9 Å². The second-order valence-electron chi connectivity index (χ2n) is 2.24. The van der Waals surface area contributed by atoms with Crippen LogP contribution in [0, 0.1) is 17.2 Å². The maximum absolute atomic E-state index is 8.49. The van der Waals surface area contributed by atoms with Gasteiger partial charge in [-0.2, -0.15) is 5.26 Å². The molecule has 1 rings (SSSR count). The van der Waals surface area contributed by atoms with Gasteiger partial charge in [0.2, 0.25) is 0 Å². The first-order valence-electron chi connectivity index (χ1n) is 3.27. The molecule has 0 aromatic carbocycles. The van der Waals surface area contributed by atoms with E-state index >= 15 is 0 Å². The summed E-state index contributed by atoms with van der Waals surface area (Å²) in [6, 6.07) is 2.18. The molecule has 0 saturated carbocycles. The summed E-state index contributed by atoms with van der Waals surface area (Å²) in [5, 5.41) is 8.49. The molecule has 1 nitrogen and oxygen atoms in total. The van der Waals surface area contributed by atoms with Crippen molar-refractivity contribution in [3.63, 3.8) is 0 Å². The molecule has 0 fully saturated rings. The Hall–Kier alpha value is -1.29. The SMILES string of the molecule is C=CC1=CCC(C#N)C=C1. The molecule has 0 bridgehead atoms. The van der Waals surface area contributed by atoms with E-state index in [9.17, 15) is 0 Å². The average Bonchev–Trinajstić information content (AvgIpc) is 2.05. The predicted octanol–water partition coefficient (Wildman–Crippen LogP) is 2.20. The van der Waals surface area contributed by atoms with Crippen molar-refractivity contribution in [1.29, 1.82) is 5.26 Å². The number of nitrogens with zero attached hydrogens (tertiary/aromatic N) is 1. The van der Waals surface area contributed by atoms with E-state index < -0.39 is 0 Å². The van der Waals surface area contributed by atoms with Crippen LogP contribution in [-0.2, 0) is 0 Å². The van der Waals surface area contributed by atoms with Crippen LogP contribution in [0.3, 0.4) is 0 Å². The van der Waals surface area contributed by atoms with Gasteiger partial charge < -0.3 is 0 Å². The van der Waals surface area contributed by atoms with Gasteiger partial charge in [-0.15, -0.1) is 0 Å². The molecule has 0 saturated heterocycles. The number of rotatable bonds is 1. The van der Waals surface area contributed by atoms with E-state index in [1.54, 1.807) is 6.08 Å². The third-order valence-corrected chi connectivity index (χ3v) is 1.53. The maximum Gasteiger partial charge on any atom is 0.0700 e. The van der Waals surface area contributed by atoms with Gasteiger partial charge in [0, 0.05) is 0 Å². The Labute approximate surface area is 61.0 Å². The van der Waals surface area contributed by atoms with Crippen LogP contribution in [0.1, 0.15) is 6.42 Å². The minimum absolute atomic E-state index is 0.0729. The topological polar surface area (TPSA) is 23.8 Å². The highest BCUT2D eigenvalue weighted by atomic mass is 14.3. The first-order chi connectivity index (χ1) is 4.86. The zero-order chi connectivity index (χ0) is 7.40. The Kier molecular flexibility index (Phi) is 2.07. The quantitative estimate of drug-likeness (QED) is 0.535. The molecule has 1 atom stereocenters. The smallest absolute Gasteiger partial charge is 0.0700 e. The number of nitriles is 1. The van der Waals surface area contributed by atoms with Crippen LogP contribution in [0.25, 0.3) is 0 Å². The lowest BCUT2D eigenvalue weighted by molar-refractivity contribution is 0.832. The van der Waals surface area contributed by atoms with E-state index in [2.05, 4.69) is 12.6 Å². The van der Waals surface area contributed by atoms with Crippen LogP contribution >= 0.6 is 0 Å². The summed E-state index contributed by atoms with van der Waals surface area (Å²) in [4.78, 5) is 0. The van der Waals surface area contributed by atoms with Crippen LogP contribution in [0.5, 0.6) is 0 Å². The first-order valence-corrected chi connectivity index (χ1v) is 3.27. The van der Waals surface area contributed by atoms with Gasteiger partial charge in [0.05, 0.1) is 12.0 Å². The summed E-state index contributed by atoms with van der Waals surface area (Å²) in [5.41, 5.74) is 1.12. The molecular weight excluding hydrogens is 122 g/mol. The molecule has 1 unspecified atom stereocenters. The average molecular weight is 131 g/mol. The molecule has 1 aliphatic carbocycles. The summed E-state index contributed by atoms with van der Waals surface area (Å²) < 4.78 is 0. The normalized spacial score (nSPS) is 23.1. The summed E-state index contributed by atoms with van der Waals surface area (Å²) in [5.74, 6) is 0.0729. The van der Waals surface area contributed by atoms with Crippen molar-refractivity contribution in [2.75, 3.05) is 0 Å². The van der Waals surface area contributed by atoms with Gasteiger partial charge in [0.1, 0.15) is 0 Å². The molecule has 0 aromatic heterocycles. The molecule has 1 aliphatic rings. The minimum atomic E-state index is 0.0729. The van der Waals surface area contributed by atoms with Gasteiger partial charge in [0.25, 0.3) is 0 Å². The molecule has 10 heavy (non-hydrogen) atoms. The van der Waals surface area contributed by atoms with Crippen LogP contribution in [0.4, 0.5) is 0 Å². The minimum Gasteiger partial charge on any atom is -0.198 e. The second-order valence-corrected chi connectivity index (χ2v) is 2.24. The van der Waals surface area contributed by atoms with Crippen molar-refractivity contribution in [1.82, 2.24) is 0 Å². The fraction of sp³-hybridized carbons (Fsp3) is 0.222. The molecule has 0 radical (unpaired) electrons. The lowest BCUT2D eigenvalue weighted by Crippen LogP contribution is -1.94. The number of hydrogen-bond acceptors (Lipinski definition) is 1. The van der Waals surface area contributed by atoms with E-state index in [0.29, 0.717) is 0 Å². The summed E-state index contributed by atoms with van der Waals surface area (Å²) in [6.45, 7) is 3.63. The van der Waals surface area contributed by atoms with Crippen molar-refractivity contribution < 1.29 is 0 Å². The summed E-state index contributed by atoms with van der Waals surface area (Å²) in [7, 11) is 0. The highest BCUT2D eigenvalue weighted by molar-refractivity contribution is 5.33. The Balaban J connectivity index is 2.65. The van der Waals surface area contributed by atoms with Crippen LogP contribution in [0.2, 0.25) is 0 Å². The monoisotopic (exact) mass is 131 g/mol. The molecular formula is C9H9N. The molecule has 0 aliphatic heterocycles. The zero-order valence-corrected chi connectivity index (χ0v) is 5.75. The third-order valence-electron chi connectivity index (χ3n) is 1.53. The van der Waals surface area contributed by atoms with Crippen molar-refractivity contribution in [3.05, 3.63) is 36.5 Å². The standard InChI is InChI=1S/C9H9N/c1-2-8-3-5-9(7-10)6-4-8/h2-5,9H,1,6H2.